The van der Waals surface area contributed by atoms with E-state index in [9.17, 15) is 19.5 Å². The Hall–Kier alpha value is -4.92. The fourth-order valence-electron chi connectivity index (χ4n) is 6.25. The first-order valence-electron chi connectivity index (χ1n) is 17.0. The van der Waals surface area contributed by atoms with E-state index in [1.807, 2.05) is 24.3 Å². The van der Waals surface area contributed by atoms with Crippen molar-refractivity contribution in [2.24, 2.45) is 0 Å². The number of aromatic nitrogens is 3. The van der Waals surface area contributed by atoms with Crippen LogP contribution in [0.25, 0.3) is 39.2 Å². The number of methoxy groups -OCH3 is 1. The van der Waals surface area contributed by atoms with Gasteiger partial charge in [-0.3, -0.25) is 18.8 Å². The van der Waals surface area contributed by atoms with Crippen LogP contribution in [0.5, 0.6) is 5.88 Å². The van der Waals surface area contributed by atoms with Gasteiger partial charge in [0.15, 0.2) is 0 Å². The van der Waals surface area contributed by atoms with Gasteiger partial charge < -0.3 is 31.1 Å². The van der Waals surface area contributed by atoms with E-state index in [0.29, 0.717) is 62.0 Å². The number of aliphatic hydroxyl groups is 1. The van der Waals surface area contributed by atoms with Crippen LogP contribution in [0.15, 0.2) is 71.8 Å². The molecule has 53 heavy (non-hydrogen) atoms. The van der Waals surface area contributed by atoms with Crippen molar-refractivity contribution in [2.45, 2.75) is 44.5 Å². The highest BCUT2D eigenvalue weighted by Crippen LogP contribution is 2.42. The summed E-state index contributed by atoms with van der Waals surface area (Å²) in [5, 5.41) is 22.3. The van der Waals surface area contributed by atoms with Crippen molar-refractivity contribution in [1.29, 1.82) is 0 Å². The normalized spacial score (nSPS) is 14.7. The number of ether oxygens (including phenoxy) is 1. The standard InChI is InChI=1S/C38H38Cl2FN7O5/c1-42-34(51)14-24(49)19-43-16-22-17-45-32-13-21(11-12-48(32)38(22)52)25-5-3-6-26(35(25)39)27-7-4-8-28(36(27)40)31-15-30(41)29(37(47-31)53-2)20-44-18-23-9-10-33(50)46-23/h3-8,11-13,15,17,23-24,43-44,49H,9-10,14,16,18-20H2,1-2H3,(H,42,51)(H,46,50)/t23-,24?/m1/s1. The molecule has 12 nitrogen and oxygen atoms in total. The van der Waals surface area contributed by atoms with Crippen LogP contribution in [-0.2, 0) is 22.7 Å². The Morgan fingerprint density at radius 2 is 1.77 bits per heavy atom. The van der Waals surface area contributed by atoms with Gasteiger partial charge in [-0.15, -0.1) is 0 Å². The van der Waals surface area contributed by atoms with Crippen molar-refractivity contribution in [3.8, 4) is 39.4 Å². The van der Waals surface area contributed by atoms with E-state index in [4.69, 9.17) is 27.9 Å². The summed E-state index contributed by atoms with van der Waals surface area (Å²) < 4.78 is 22.5. The Morgan fingerprint density at radius 1 is 1.06 bits per heavy atom. The first kappa shape index (κ1) is 37.8. The monoisotopic (exact) mass is 761 g/mol. The molecule has 0 spiro atoms. The smallest absolute Gasteiger partial charge is 0.262 e. The zero-order valence-electron chi connectivity index (χ0n) is 29.0. The molecule has 15 heteroatoms. The SMILES string of the molecule is CNC(=O)CC(O)CNCc1cnc2cc(-c3cccc(-c4cccc(-c5cc(F)c(CNC[C@H]6CCC(=O)N6)c(OC)n5)c4Cl)c3Cl)ccn2c1=O. The molecule has 0 aliphatic carbocycles. The number of hydrogen-bond acceptors (Lipinski definition) is 9. The maximum absolute atomic E-state index is 15.6. The van der Waals surface area contributed by atoms with Gasteiger partial charge >= 0.3 is 0 Å². The average molecular weight is 763 g/mol. The van der Waals surface area contributed by atoms with Gasteiger partial charge in [-0.25, -0.2) is 14.4 Å². The minimum absolute atomic E-state index is 0.00391. The third-order valence-electron chi connectivity index (χ3n) is 9.05. The second-order valence-corrected chi connectivity index (χ2v) is 13.4. The van der Waals surface area contributed by atoms with Gasteiger partial charge in [-0.2, -0.15) is 0 Å². The van der Waals surface area contributed by atoms with E-state index in [1.54, 1.807) is 30.5 Å². The zero-order chi connectivity index (χ0) is 37.6. The summed E-state index contributed by atoms with van der Waals surface area (Å²) in [7, 11) is 2.93. The van der Waals surface area contributed by atoms with Crippen molar-refractivity contribution in [2.75, 3.05) is 27.2 Å². The van der Waals surface area contributed by atoms with Gasteiger partial charge in [-0.05, 0) is 24.1 Å². The molecule has 4 heterocycles. The molecule has 5 N–H and O–H groups in total. The maximum atomic E-state index is 15.6. The largest absolute Gasteiger partial charge is 0.481 e. The van der Waals surface area contributed by atoms with Gasteiger partial charge in [0.2, 0.25) is 17.7 Å². The van der Waals surface area contributed by atoms with Crippen molar-refractivity contribution in [1.82, 2.24) is 35.6 Å². The van der Waals surface area contributed by atoms with E-state index in [-0.39, 0.29) is 66.6 Å². The van der Waals surface area contributed by atoms with Crippen molar-refractivity contribution >= 4 is 40.7 Å². The third kappa shape index (κ3) is 8.50. The number of carbonyl (C=O) groups excluding carboxylic acids is 2. The predicted molar refractivity (Wildman–Crippen MR) is 201 cm³/mol. The topological polar surface area (TPSA) is 159 Å². The lowest BCUT2D eigenvalue weighted by molar-refractivity contribution is -0.122. The molecule has 1 fully saturated rings. The summed E-state index contributed by atoms with van der Waals surface area (Å²) in [6, 6.07) is 15.7. The number of aliphatic hydroxyl groups excluding tert-OH is 1. The molecule has 0 saturated carbocycles. The molecule has 2 aromatic carbocycles. The number of amides is 2. The van der Waals surface area contributed by atoms with Crippen LogP contribution in [0.2, 0.25) is 10.0 Å². The zero-order valence-corrected chi connectivity index (χ0v) is 30.5. The Labute approximate surface area is 314 Å². The van der Waals surface area contributed by atoms with Gasteiger partial charge in [0.1, 0.15) is 11.5 Å². The number of halogens is 3. The quantitative estimate of drug-likeness (QED) is 0.110. The molecule has 0 radical (unpaired) electrons. The first-order chi connectivity index (χ1) is 25.6. The molecule has 1 aliphatic heterocycles. The average Bonchev–Trinajstić information content (AvgIpc) is 3.57. The van der Waals surface area contributed by atoms with Crippen molar-refractivity contribution in [3.63, 3.8) is 0 Å². The van der Waals surface area contributed by atoms with E-state index < -0.39 is 11.9 Å². The molecule has 3 aromatic heterocycles. The lowest BCUT2D eigenvalue weighted by Crippen LogP contribution is -2.35. The maximum Gasteiger partial charge on any atom is 0.262 e. The molecular weight excluding hydrogens is 724 g/mol. The summed E-state index contributed by atoms with van der Waals surface area (Å²) in [5.41, 5.74) is 4.19. The van der Waals surface area contributed by atoms with Gasteiger partial charge in [-0.1, -0.05) is 59.6 Å². The van der Waals surface area contributed by atoms with Crippen LogP contribution < -0.4 is 31.6 Å². The number of hydrogen-bond donors (Lipinski definition) is 5. The fourth-order valence-corrected chi connectivity index (χ4v) is 6.91. The highest BCUT2D eigenvalue weighted by molar-refractivity contribution is 6.39. The van der Waals surface area contributed by atoms with Gasteiger partial charge in [0, 0.05) is 92.0 Å². The van der Waals surface area contributed by atoms with Crippen LogP contribution >= 0.6 is 23.2 Å². The van der Waals surface area contributed by atoms with E-state index >= 15 is 4.39 Å². The Balaban J connectivity index is 1.23. The minimum atomic E-state index is -0.894. The highest BCUT2D eigenvalue weighted by Gasteiger charge is 2.22. The number of carbonyl (C=O) groups is 2. The van der Waals surface area contributed by atoms with E-state index in [2.05, 4.69) is 31.2 Å². The van der Waals surface area contributed by atoms with Crippen LogP contribution in [0.4, 0.5) is 4.39 Å². The molecule has 5 aromatic rings. The second kappa shape index (κ2) is 16.8. The first-order valence-corrected chi connectivity index (χ1v) is 17.7. The van der Waals surface area contributed by atoms with Gasteiger partial charge in [0.25, 0.3) is 5.56 Å². The number of fused-ring (bicyclic) bond motifs is 1. The van der Waals surface area contributed by atoms with Crippen LogP contribution in [0.1, 0.15) is 30.4 Å². The number of benzene rings is 2. The van der Waals surface area contributed by atoms with Crippen LogP contribution in [-0.4, -0.2) is 70.7 Å². The molecule has 2 amide bonds. The highest BCUT2D eigenvalue weighted by atomic mass is 35.5. The van der Waals surface area contributed by atoms with Crippen molar-refractivity contribution in [3.05, 3.63) is 104 Å². The fraction of sp³-hybridized carbons (Fsp3) is 0.289. The molecule has 1 unspecified atom stereocenters. The Kier molecular flexibility index (Phi) is 12.0. The summed E-state index contributed by atoms with van der Waals surface area (Å²) in [6.45, 7) is 0.945. The number of nitrogens with one attached hydrogen (secondary N) is 4. The van der Waals surface area contributed by atoms with Gasteiger partial charge in [0.05, 0.1) is 40.9 Å². The summed E-state index contributed by atoms with van der Waals surface area (Å²) in [4.78, 5) is 45.3. The summed E-state index contributed by atoms with van der Waals surface area (Å²) in [6.07, 6.45) is 3.37. The molecule has 2 atom stereocenters. The molecule has 1 aliphatic rings. The number of nitrogens with zero attached hydrogens (tertiary/aromatic N) is 3. The molecule has 0 bridgehead atoms. The summed E-state index contributed by atoms with van der Waals surface area (Å²) >= 11 is 14.1. The lowest BCUT2D eigenvalue weighted by atomic mass is 9.97. The summed E-state index contributed by atoms with van der Waals surface area (Å²) in [5.74, 6) is -0.660. The van der Waals surface area contributed by atoms with E-state index in [0.717, 1.165) is 6.42 Å². The molecule has 1 saturated heterocycles. The minimum Gasteiger partial charge on any atom is -0.481 e. The second-order valence-electron chi connectivity index (χ2n) is 12.6. The predicted octanol–water partition coefficient (Wildman–Crippen LogP) is 4.50. The van der Waals surface area contributed by atoms with Crippen LogP contribution in [0, 0.1) is 5.82 Å². The molecule has 6 rings (SSSR count). The number of rotatable bonds is 14. The van der Waals surface area contributed by atoms with Crippen LogP contribution in [0.3, 0.4) is 0 Å². The third-order valence-corrected chi connectivity index (χ3v) is 9.87. The molecule has 276 valence electrons. The Bertz CT molecular complexity index is 2230. The van der Waals surface area contributed by atoms with E-state index in [1.165, 1.54) is 30.8 Å². The lowest BCUT2D eigenvalue weighted by Gasteiger charge is -2.16. The molecular formula is C38H38Cl2FN7O5. The number of pyridine rings is 2. The Morgan fingerprint density at radius 3 is 2.47 bits per heavy atom. The van der Waals surface area contributed by atoms with Crippen molar-refractivity contribution < 1.29 is 23.8 Å².